The number of carbonyl (C=O) groups is 4. The van der Waals surface area contributed by atoms with Crippen LogP contribution in [0, 0.1) is 5.92 Å². The molecule has 2 atom stereocenters. The molecule has 0 bridgehead atoms. The van der Waals surface area contributed by atoms with Gasteiger partial charge in [0.25, 0.3) is 11.8 Å². The maximum absolute atomic E-state index is 13.4. The molecule has 8 heteroatoms. The Morgan fingerprint density at radius 3 is 2.62 bits per heavy atom. The van der Waals surface area contributed by atoms with E-state index in [0.29, 0.717) is 23.6 Å². The fourth-order valence-corrected chi connectivity index (χ4v) is 4.79. The lowest BCUT2D eigenvalue weighted by molar-refractivity contribution is -0.136. The topological polar surface area (TPSA) is 98.8 Å². The van der Waals surface area contributed by atoms with E-state index in [1.165, 1.54) is 0 Å². The first-order chi connectivity index (χ1) is 15.4. The van der Waals surface area contributed by atoms with Crippen molar-refractivity contribution in [3.8, 4) is 0 Å². The van der Waals surface area contributed by atoms with Gasteiger partial charge in [-0.3, -0.25) is 29.4 Å². The number of rotatable bonds is 3. The van der Waals surface area contributed by atoms with E-state index in [1.807, 2.05) is 30.3 Å². The van der Waals surface area contributed by atoms with Crippen molar-refractivity contribution < 1.29 is 19.2 Å². The molecule has 32 heavy (non-hydrogen) atoms. The molecule has 0 saturated carbocycles. The van der Waals surface area contributed by atoms with Crippen molar-refractivity contribution in [3.63, 3.8) is 0 Å². The third kappa shape index (κ3) is 3.32. The van der Waals surface area contributed by atoms with E-state index in [4.69, 9.17) is 0 Å². The van der Waals surface area contributed by atoms with Gasteiger partial charge in [0.05, 0.1) is 22.5 Å². The van der Waals surface area contributed by atoms with Gasteiger partial charge in [-0.15, -0.1) is 0 Å². The lowest BCUT2D eigenvalue weighted by atomic mass is 10.0. The zero-order valence-corrected chi connectivity index (χ0v) is 17.8. The minimum absolute atomic E-state index is 0.103. The molecule has 0 radical (unpaired) electrons. The monoisotopic (exact) mass is 432 g/mol. The molecule has 3 aliphatic heterocycles. The molecule has 1 saturated heterocycles. The summed E-state index contributed by atoms with van der Waals surface area (Å²) >= 11 is 0. The Bertz CT molecular complexity index is 1140. The van der Waals surface area contributed by atoms with Crippen molar-refractivity contribution in [1.29, 1.82) is 0 Å². The Labute approximate surface area is 185 Å². The van der Waals surface area contributed by atoms with Gasteiger partial charge >= 0.3 is 0 Å². The normalized spacial score (nSPS) is 22.8. The first-order valence-electron chi connectivity index (χ1n) is 10.9. The van der Waals surface area contributed by atoms with E-state index in [-0.39, 0.29) is 18.7 Å². The molecule has 2 N–H and O–H groups in total. The average Bonchev–Trinajstić information content (AvgIpc) is 2.92. The molecule has 1 fully saturated rings. The number of piperidine rings is 1. The van der Waals surface area contributed by atoms with Crippen molar-refractivity contribution in [3.05, 3.63) is 59.2 Å². The molecule has 0 aliphatic carbocycles. The van der Waals surface area contributed by atoms with E-state index in [1.54, 1.807) is 12.1 Å². The zero-order chi connectivity index (χ0) is 22.4. The smallest absolute Gasteiger partial charge is 0.262 e. The van der Waals surface area contributed by atoms with Crippen LogP contribution in [0.1, 0.15) is 46.0 Å². The molecule has 4 amide bonds. The van der Waals surface area contributed by atoms with Crippen LogP contribution in [0.4, 0.5) is 11.4 Å². The number of nitrogens with zero attached hydrogens (tertiary/aromatic N) is 2. The molecular weight excluding hydrogens is 408 g/mol. The standard InChI is InChI=1S/C24H24N4O4/c1-14-11-25-17-7-2-3-8-18(17)27(12-14)13-15-5-4-6-16-21(15)24(32)28(23(16)31)19-9-10-20(29)26-22(19)30/h2-8,14,19,25H,9-13H2,1H3,(H,26,29,30). The highest BCUT2D eigenvalue weighted by atomic mass is 16.2. The minimum Gasteiger partial charge on any atom is -0.383 e. The van der Waals surface area contributed by atoms with Crippen LogP contribution in [-0.2, 0) is 16.1 Å². The summed E-state index contributed by atoms with van der Waals surface area (Å²) in [6, 6.07) is 12.4. The summed E-state index contributed by atoms with van der Waals surface area (Å²) in [5.41, 5.74) is 3.50. The maximum Gasteiger partial charge on any atom is 0.262 e. The van der Waals surface area contributed by atoms with Gasteiger partial charge < -0.3 is 10.2 Å². The van der Waals surface area contributed by atoms with Gasteiger partial charge in [0.15, 0.2) is 0 Å². The lowest BCUT2D eigenvalue weighted by Gasteiger charge is -2.28. The van der Waals surface area contributed by atoms with Crippen LogP contribution in [-0.4, -0.2) is 47.7 Å². The molecule has 0 aromatic heterocycles. The van der Waals surface area contributed by atoms with Crippen LogP contribution >= 0.6 is 0 Å². The van der Waals surface area contributed by atoms with E-state index in [9.17, 15) is 19.2 Å². The van der Waals surface area contributed by atoms with E-state index in [2.05, 4.69) is 22.5 Å². The molecule has 0 spiro atoms. The van der Waals surface area contributed by atoms with Gasteiger partial charge in [0.2, 0.25) is 11.8 Å². The first-order valence-corrected chi connectivity index (χ1v) is 10.9. The summed E-state index contributed by atoms with van der Waals surface area (Å²) < 4.78 is 0. The van der Waals surface area contributed by atoms with Crippen LogP contribution in [0.5, 0.6) is 0 Å². The number of nitrogens with one attached hydrogen (secondary N) is 2. The highest BCUT2D eigenvalue weighted by Crippen LogP contribution is 2.34. The summed E-state index contributed by atoms with van der Waals surface area (Å²) in [7, 11) is 0. The number of fused-ring (bicyclic) bond motifs is 2. The number of anilines is 2. The van der Waals surface area contributed by atoms with Crippen molar-refractivity contribution in [1.82, 2.24) is 10.2 Å². The van der Waals surface area contributed by atoms with Crippen LogP contribution in [0.25, 0.3) is 0 Å². The Morgan fingerprint density at radius 1 is 1.00 bits per heavy atom. The van der Waals surface area contributed by atoms with E-state index in [0.717, 1.165) is 34.9 Å². The fourth-order valence-electron chi connectivity index (χ4n) is 4.79. The number of amides is 4. The maximum atomic E-state index is 13.4. The van der Waals surface area contributed by atoms with Gasteiger partial charge in [0, 0.05) is 26.1 Å². The molecule has 3 aliphatic rings. The van der Waals surface area contributed by atoms with Gasteiger partial charge in [-0.25, -0.2) is 0 Å². The molecular formula is C24H24N4O4. The van der Waals surface area contributed by atoms with Crippen molar-refractivity contribution in [2.45, 2.75) is 32.4 Å². The molecule has 2 aromatic rings. The molecule has 164 valence electrons. The first kappa shape index (κ1) is 20.2. The zero-order valence-electron chi connectivity index (χ0n) is 17.8. The average molecular weight is 432 g/mol. The summed E-state index contributed by atoms with van der Waals surface area (Å²) in [5.74, 6) is -1.54. The largest absolute Gasteiger partial charge is 0.383 e. The second-order valence-corrected chi connectivity index (χ2v) is 8.67. The van der Waals surface area contributed by atoms with Crippen LogP contribution < -0.4 is 15.5 Å². The molecule has 5 rings (SSSR count). The summed E-state index contributed by atoms with van der Waals surface area (Å²) in [5, 5.41) is 5.71. The summed E-state index contributed by atoms with van der Waals surface area (Å²) in [6.45, 7) is 4.28. The Kier molecular flexibility index (Phi) is 4.92. The van der Waals surface area contributed by atoms with E-state index >= 15 is 0 Å². The molecule has 8 nitrogen and oxygen atoms in total. The number of para-hydroxylation sites is 2. The summed E-state index contributed by atoms with van der Waals surface area (Å²) in [4.78, 5) is 53.6. The second-order valence-electron chi connectivity index (χ2n) is 8.67. The Morgan fingerprint density at radius 2 is 1.81 bits per heavy atom. The fraction of sp³-hybridized carbons (Fsp3) is 0.333. The van der Waals surface area contributed by atoms with Gasteiger partial charge in [-0.05, 0) is 36.1 Å². The molecule has 2 aromatic carbocycles. The second kappa shape index (κ2) is 7.78. The SMILES string of the molecule is CC1CNc2ccccc2N(Cc2cccc3c2C(=O)N(C2CCC(=O)NC2=O)C3=O)C1. The van der Waals surface area contributed by atoms with Crippen molar-refractivity contribution in [2.75, 3.05) is 23.3 Å². The van der Waals surface area contributed by atoms with Crippen molar-refractivity contribution >= 4 is 35.0 Å². The number of benzene rings is 2. The van der Waals surface area contributed by atoms with Crippen molar-refractivity contribution in [2.24, 2.45) is 5.92 Å². The van der Waals surface area contributed by atoms with Crippen LogP contribution in [0.3, 0.4) is 0 Å². The Hall–Kier alpha value is -3.68. The number of imide groups is 2. The third-order valence-electron chi connectivity index (χ3n) is 6.33. The van der Waals surface area contributed by atoms with Gasteiger partial charge in [-0.1, -0.05) is 31.2 Å². The summed E-state index contributed by atoms with van der Waals surface area (Å²) in [6.07, 6.45) is 0.250. The molecule has 2 unspecified atom stereocenters. The van der Waals surface area contributed by atoms with Gasteiger partial charge in [-0.2, -0.15) is 0 Å². The van der Waals surface area contributed by atoms with Gasteiger partial charge in [0.1, 0.15) is 6.04 Å². The Balaban J connectivity index is 1.49. The predicted octanol–water partition coefficient (Wildman–Crippen LogP) is 2.16. The van der Waals surface area contributed by atoms with Crippen LogP contribution in [0.2, 0.25) is 0 Å². The van der Waals surface area contributed by atoms with E-state index < -0.39 is 23.8 Å². The molecule has 3 heterocycles. The third-order valence-corrected chi connectivity index (χ3v) is 6.33. The minimum atomic E-state index is -0.962. The number of carbonyl (C=O) groups excluding carboxylic acids is 4. The highest BCUT2D eigenvalue weighted by Gasteiger charge is 2.45. The lowest BCUT2D eigenvalue weighted by Crippen LogP contribution is -2.54. The highest BCUT2D eigenvalue weighted by molar-refractivity contribution is 6.24. The number of hydrogen-bond donors (Lipinski definition) is 2. The van der Waals surface area contributed by atoms with Crippen LogP contribution in [0.15, 0.2) is 42.5 Å². The quantitative estimate of drug-likeness (QED) is 0.722. The predicted molar refractivity (Wildman–Crippen MR) is 118 cm³/mol. The number of hydrogen-bond acceptors (Lipinski definition) is 6.